The number of fused-ring (bicyclic) bond motifs is 1. The van der Waals surface area contributed by atoms with E-state index in [1.54, 1.807) is 19.1 Å². The number of amides is 1. The number of methoxy groups -OCH3 is 1. The molecule has 0 unspecified atom stereocenters. The fourth-order valence-electron chi connectivity index (χ4n) is 4.59. The number of aromatic hydroxyl groups is 2. The first-order valence-corrected chi connectivity index (χ1v) is 12.6. The molecule has 9 nitrogen and oxygen atoms in total. The van der Waals surface area contributed by atoms with Gasteiger partial charge in [0.05, 0.1) is 24.1 Å². The van der Waals surface area contributed by atoms with Crippen LogP contribution in [0.1, 0.15) is 49.1 Å². The van der Waals surface area contributed by atoms with Crippen molar-refractivity contribution in [2.24, 2.45) is 5.92 Å². The van der Waals surface area contributed by atoms with Crippen molar-refractivity contribution in [2.45, 2.75) is 46.1 Å². The molecule has 2 aromatic heterocycles. The maximum absolute atomic E-state index is 13.1. The fourth-order valence-corrected chi connectivity index (χ4v) is 4.59. The SMILES string of the molecule is COc1cc([C@@H](CC(=O)NCCc2nc3ccccc3n2CC(C)C)c2oc(C)cc(=O)c2O)ccc1O. The van der Waals surface area contributed by atoms with Gasteiger partial charge < -0.3 is 29.3 Å². The van der Waals surface area contributed by atoms with Crippen LogP contribution in [0.2, 0.25) is 0 Å². The number of hydrogen-bond donors (Lipinski definition) is 3. The lowest BCUT2D eigenvalue weighted by molar-refractivity contribution is -0.121. The second kappa shape index (κ2) is 11.4. The van der Waals surface area contributed by atoms with Crippen LogP contribution in [0.5, 0.6) is 17.2 Å². The van der Waals surface area contributed by atoms with Crippen LogP contribution in [0, 0.1) is 12.8 Å². The van der Waals surface area contributed by atoms with E-state index in [-0.39, 0.29) is 29.6 Å². The maximum atomic E-state index is 13.1. The molecule has 0 radical (unpaired) electrons. The zero-order valence-corrected chi connectivity index (χ0v) is 22.0. The third kappa shape index (κ3) is 5.82. The van der Waals surface area contributed by atoms with E-state index in [1.807, 2.05) is 24.3 Å². The zero-order valence-electron chi connectivity index (χ0n) is 22.0. The molecule has 0 fully saturated rings. The molecule has 9 heteroatoms. The summed E-state index contributed by atoms with van der Waals surface area (Å²) in [5, 5.41) is 23.5. The number of phenolic OH excluding ortho intramolecular Hbond substituents is 1. The van der Waals surface area contributed by atoms with Gasteiger partial charge >= 0.3 is 0 Å². The van der Waals surface area contributed by atoms with Gasteiger partial charge in [0.25, 0.3) is 0 Å². The topological polar surface area (TPSA) is 127 Å². The van der Waals surface area contributed by atoms with Crippen LogP contribution in [0.3, 0.4) is 0 Å². The Bertz CT molecular complexity index is 1500. The quantitative estimate of drug-likeness (QED) is 0.286. The minimum absolute atomic E-state index is 0.0170. The second-order valence-electron chi connectivity index (χ2n) is 9.74. The van der Waals surface area contributed by atoms with E-state index in [9.17, 15) is 19.8 Å². The Kier molecular flexibility index (Phi) is 8.05. The van der Waals surface area contributed by atoms with Gasteiger partial charge in [-0.15, -0.1) is 0 Å². The van der Waals surface area contributed by atoms with E-state index in [4.69, 9.17) is 14.1 Å². The Balaban J connectivity index is 1.56. The molecule has 200 valence electrons. The van der Waals surface area contributed by atoms with Crippen LogP contribution in [0.25, 0.3) is 11.0 Å². The number of imidazole rings is 1. The van der Waals surface area contributed by atoms with Crippen LogP contribution in [-0.2, 0) is 17.8 Å². The number of aryl methyl sites for hydroxylation is 1. The number of hydrogen-bond acceptors (Lipinski definition) is 7. The van der Waals surface area contributed by atoms with Gasteiger partial charge in [0.15, 0.2) is 17.3 Å². The first-order valence-electron chi connectivity index (χ1n) is 12.6. The first-order chi connectivity index (χ1) is 18.2. The molecule has 0 bridgehead atoms. The molecule has 3 N–H and O–H groups in total. The summed E-state index contributed by atoms with van der Waals surface area (Å²) >= 11 is 0. The Morgan fingerprint density at radius 2 is 1.92 bits per heavy atom. The highest BCUT2D eigenvalue weighted by Gasteiger charge is 2.27. The van der Waals surface area contributed by atoms with Gasteiger partial charge in [-0.3, -0.25) is 9.59 Å². The molecule has 4 aromatic rings. The molecule has 2 aromatic carbocycles. The molecule has 0 aliphatic carbocycles. The lowest BCUT2D eigenvalue weighted by Crippen LogP contribution is -2.28. The molecule has 0 aliphatic heterocycles. The summed E-state index contributed by atoms with van der Waals surface area (Å²) in [5.74, 6) is 0.107. The van der Waals surface area contributed by atoms with E-state index in [0.717, 1.165) is 23.4 Å². The standard InChI is InChI=1S/C29H33N3O6/c1-17(2)16-32-22-8-6-5-7-21(22)31-26(32)11-12-30-27(35)15-20(19-9-10-23(33)25(14-19)37-4)29-28(36)24(34)13-18(3)38-29/h5-10,13-14,17,20,33,36H,11-12,15-16H2,1-4H3,(H,30,35)/t20-/m1/s1. The Morgan fingerprint density at radius 1 is 1.16 bits per heavy atom. The number of nitrogens with zero attached hydrogens (tertiary/aromatic N) is 2. The first kappa shape index (κ1) is 26.8. The summed E-state index contributed by atoms with van der Waals surface area (Å²) in [6.07, 6.45) is 0.436. The van der Waals surface area contributed by atoms with Gasteiger partial charge in [-0.25, -0.2) is 4.98 Å². The highest BCUT2D eigenvalue weighted by molar-refractivity contribution is 5.78. The van der Waals surface area contributed by atoms with Gasteiger partial charge in [-0.05, 0) is 42.7 Å². The molecular formula is C29H33N3O6. The fraction of sp³-hybridized carbons (Fsp3) is 0.345. The number of benzene rings is 2. The molecule has 1 amide bonds. The average molecular weight is 520 g/mol. The van der Waals surface area contributed by atoms with Crippen LogP contribution in [0.15, 0.2) is 57.7 Å². The molecule has 38 heavy (non-hydrogen) atoms. The van der Waals surface area contributed by atoms with Crippen LogP contribution >= 0.6 is 0 Å². The third-order valence-electron chi connectivity index (χ3n) is 6.34. The van der Waals surface area contributed by atoms with Gasteiger partial charge in [-0.2, -0.15) is 0 Å². The summed E-state index contributed by atoms with van der Waals surface area (Å²) in [5.41, 5.74) is 1.93. The second-order valence-corrected chi connectivity index (χ2v) is 9.74. The Hall–Kier alpha value is -4.27. The van der Waals surface area contributed by atoms with E-state index in [1.165, 1.54) is 19.2 Å². The predicted molar refractivity (Wildman–Crippen MR) is 144 cm³/mol. The van der Waals surface area contributed by atoms with Crippen molar-refractivity contribution in [1.29, 1.82) is 0 Å². The highest BCUT2D eigenvalue weighted by Crippen LogP contribution is 2.37. The van der Waals surface area contributed by atoms with Gasteiger partial charge in [-0.1, -0.05) is 32.0 Å². The Labute approximate surface area is 220 Å². The number of aromatic nitrogens is 2. The monoisotopic (exact) mass is 519 g/mol. The number of para-hydroxylation sites is 2. The number of carbonyl (C=O) groups excluding carboxylic acids is 1. The number of carbonyl (C=O) groups is 1. The van der Waals surface area contributed by atoms with E-state index in [0.29, 0.717) is 30.2 Å². The average Bonchev–Trinajstić information content (AvgIpc) is 3.22. The van der Waals surface area contributed by atoms with E-state index >= 15 is 0 Å². The predicted octanol–water partition coefficient (Wildman–Crippen LogP) is 4.25. The van der Waals surface area contributed by atoms with Gasteiger partial charge in [0, 0.05) is 32.0 Å². The van der Waals surface area contributed by atoms with Crippen molar-refractivity contribution >= 4 is 16.9 Å². The lowest BCUT2D eigenvalue weighted by atomic mass is 9.91. The molecule has 0 saturated carbocycles. The molecule has 0 aliphatic rings. The van der Waals surface area contributed by atoms with E-state index in [2.05, 4.69) is 23.7 Å². The minimum atomic E-state index is -0.789. The van der Waals surface area contributed by atoms with Crippen LogP contribution in [0.4, 0.5) is 0 Å². The molecule has 0 spiro atoms. The van der Waals surface area contributed by atoms with E-state index < -0.39 is 17.1 Å². The minimum Gasteiger partial charge on any atom is -0.504 e. The molecule has 1 atom stereocenters. The summed E-state index contributed by atoms with van der Waals surface area (Å²) in [4.78, 5) is 30.2. The largest absolute Gasteiger partial charge is 0.504 e. The highest BCUT2D eigenvalue weighted by atomic mass is 16.5. The summed E-state index contributed by atoms with van der Waals surface area (Å²) < 4.78 is 13.1. The van der Waals surface area contributed by atoms with Crippen LogP contribution < -0.4 is 15.5 Å². The molecule has 4 rings (SSSR count). The van der Waals surface area contributed by atoms with Crippen molar-refractivity contribution in [3.8, 4) is 17.2 Å². The summed E-state index contributed by atoms with van der Waals surface area (Å²) in [7, 11) is 1.41. The zero-order chi connectivity index (χ0) is 27.4. The number of phenols is 1. The molecule has 2 heterocycles. The summed E-state index contributed by atoms with van der Waals surface area (Å²) in [6, 6.07) is 13.8. The van der Waals surface area contributed by atoms with Crippen molar-refractivity contribution < 1.29 is 24.2 Å². The van der Waals surface area contributed by atoms with Crippen molar-refractivity contribution in [2.75, 3.05) is 13.7 Å². The van der Waals surface area contributed by atoms with Gasteiger partial charge in [0.2, 0.25) is 17.1 Å². The number of ether oxygens (including phenoxy) is 1. The molecular weight excluding hydrogens is 486 g/mol. The number of rotatable bonds is 10. The normalized spacial score (nSPS) is 12.1. The van der Waals surface area contributed by atoms with Crippen LogP contribution in [-0.4, -0.2) is 39.3 Å². The van der Waals surface area contributed by atoms with Crippen molar-refractivity contribution in [3.63, 3.8) is 0 Å². The third-order valence-corrected chi connectivity index (χ3v) is 6.34. The summed E-state index contributed by atoms with van der Waals surface area (Å²) in [6.45, 7) is 7.08. The Morgan fingerprint density at radius 3 is 2.66 bits per heavy atom. The smallest absolute Gasteiger partial charge is 0.227 e. The molecule has 0 saturated heterocycles. The van der Waals surface area contributed by atoms with Crippen molar-refractivity contribution in [3.05, 3.63) is 81.7 Å². The maximum Gasteiger partial charge on any atom is 0.227 e. The number of nitrogens with one attached hydrogen (secondary N) is 1. The van der Waals surface area contributed by atoms with Gasteiger partial charge in [0.1, 0.15) is 11.6 Å². The van der Waals surface area contributed by atoms with Crippen molar-refractivity contribution in [1.82, 2.24) is 14.9 Å². The lowest BCUT2D eigenvalue weighted by Gasteiger charge is -2.19.